The van der Waals surface area contributed by atoms with Crippen LogP contribution in [0.15, 0.2) is 30.3 Å². The number of rotatable bonds is 4. The van der Waals surface area contributed by atoms with Gasteiger partial charge < -0.3 is 15.9 Å². The molecule has 0 fully saturated rings. The van der Waals surface area contributed by atoms with Crippen molar-refractivity contribution in [2.75, 3.05) is 6.54 Å². The second-order valence-electron chi connectivity index (χ2n) is 3.05. The fraction of sp³-hybridized carbons (Fsp3) is 0.400. The molecule has 0 spiro atoms. The summed E-state index contributed by atoms with van der Waals surface area (Å²) < 4.78 is 0. The van der Waals surface area contributed by atoms with Gasteiger partial charge in [0.2, 0.25) is 0 Å². The lowest BCUT2D eigenvalue weighted by Crippen LogP contribution is -2.22. The molecule has 1 rings (SSSR count). The molecule has 0 bridgehead atoms. The lowest BCUT2D eigenvalue weighted by Gasteiger charge is -2.13. The van der Waals surface area contributed by atoms with E-state index in [0.29, 0.717) is 6.42 Å². The summed E-state index contributed by atoms with van der Waals surface area (Å²) in [5.74, 6) is 0. The highest BCUT2D eigenvalue weighted by Gasteiger charge is 2.11. The van der Waals surface area contributed by atoms with Gasteiger partial charge in [-0.25, -0.2) is 0 Å². The molecule has 0 aliphatic heterocycles. The van der Waals surface area contributed by atoms with Gasteiger partial charge in [-0.1, -0.05) is 30.3 Å². The molecule has 0 heterocycles. The van der Waals surface area contributed by atoms with Crippen molar-refractivity contribution >= 4 is 0 Å². The smallest absolute Gasteiger partial charge is 0.0815 e. The SMILES string of the molecule is NCC(O)CC(O)c1ccccc1. The number of aliphatic hydroxyl groups is 2. The highest BCUT2D eigenvalue weighted by Crippen LogP contribution is 2.17. The molecule has 13 heavy (non-hydrogen) atoms. The Kier molecular flexibility index (Phi) is 3.89. The molecule has 0 aliphatic rings. The Labute approximate surface area is 77.8 Å². The van der Waals surface area contributed by atoms with Gasteiger partial charge in [-0.15, -0.1) is 0 Å². The number of nitrogens with two attached hydrogens (primary N) is 1. The molecule has 3 heteroatoms. The molecular weight excluding hydrogens is 166 g/mol. The molecule has 0 aromatic heterocycles. The van der Waals surface area contributed by atoms with Gasteiger partial charge >= 0.3 is 0 Å². The first kappa shape index (κ1) is 10.2. The minimum atomic E-state index is -0.629. The summed E-state index contributed by atoms with van der Waals surface area (Å²) in [7, 11) is 0. The van der Waals surface area contributed by atoms with Gasteiger partial charge in [-0.3, -0.25) is 0 Å². The van der Waals surface area contributed by atoms with E-state index < -0.39 is 12.2 Å². The van der Waals surface area contributed by atoms with E-state index in [4.69, 9.17) is 5.73 Å². The van der Waals surface area contributed by atoms with Crippen LogP contribution in [0.5, 0.6) is 0 Å². The molecule has 4 N–H and O–H groups in total. The van der Waals surface area contributed by atoms with E-state index in [-0.39, 0.29) is 6.54 Å². The Morgan fingerprint density at radius 1 is 1.15 bits per heavy atom. The van der Waals surface area contributed by atoms with E-state index in [9.17, 15) is 10.2 Å². The molecule has 0 aliphatic carbocycles. The van der Waals surface area contributed by atoms with Crippen LogP contribution in [0, 0.1) is 0 Å². The Morgan fingerprint density at radius 3 is 2.31 bits per heavy atom. The van der Waals surface area contributed by atoms with Crippen LogP contribution in [0.4, 0.5) is 0 Å². The Morgan fingerprint density at radius 2 is 1.77 bits per heavy atom. The maximum atomic E-state index is 9.61. The third-order valence-electron chi connectivity index (χ3n) is 1.95. The van der Waals surface area contributed by atoms with Gasteiger partial charge in [0, 0.05) is 13.0 Å². The third kappa shape index (κ3) is 3.14. The summed E-state index contributed by atoms with van der Waals surface area (Å²) in [6, 6.07) is 9.25. The monoisotopic (exact) mass is 181 g/mol. The summed E-state index contributed by atoms with van der Waals surface area (Å²) in [4.78, 5) is 0. The first-order valence-electron chi connectivity index (χ1n) is 4.35. The fourth-order valence-electron chi connectivity index (χ4n) is 1.17. The second-order valence-corrected chi connectivity index (χ2v) is 3.05. The van der Waals surface area contributed by atoms with Crippen LogP contribution in [0.3, 0.4) is 0 Å². The molecule has 2 unspecified atom stereocenters. The maximum Gasteiger partial charge on any atom is 0.0815 e. The van der Waals surface area contributed by atoms with Crippen molar-refractivity contribution < 1.29 is 10.2 Å². The standard InChI is InChI=1S/C10H15NO2/c11-7-9(12)6-10(13)8-4-2-1-3-5-8/h1-5,9-10,12-13H,6-7,11H2. The van der Waals surface area contributed by atoms with Gasteiger partial charge in [0.05, 0.1) is 12.2 Å². The van der Waals surface area contributed by atoms with Crippen LogP contribution in [0.2, 0.25) is 0 Å². The van der Waals surface area contributed by atoms with Gasteiger partial charge in [-0.05, 0) is 5.56 Å². The van der Waals surface area contributed by atoms with Crippen LogP contribution >= 0.6 is 0 Å². The molecule has 1 aromatic carbocycles. The molecule has 1 aromatic rings. The molecule has 0 amide bonds. The Bertz CT molecular complexity index is 238. The molecule has 2 atom stereocenters. The predicted molar refractivity (Wildman–Crippen MR) is 51.1 cm³/mol. The van der Waals surface area contributed by atoms with Crippen LogP contribution in [0.25, 0.3) is 0 Å². The van der Waals surface area contributed by atoms with Gasteiger partial charge in [0.15, 0.2) is 0 Å². The summed E-state index contributed by atoms with van der Waals surface area (Å²) in [6.07, 6.45) is -0.962. The third-order valence-corrected chi connectivity index (χ3v) is 1.95. The minimum Gasteiger partial charge on any atom is -0.392 e. The second kappa shape index (κ2) is 4.97. The van der Waals surface area contributed by atoms with Crippen LogP contribution < -0.4 is 5.73 Å². The average molecular weight is 181 g/mol. The zero-order valence-electron chi connectivity index (χ0n) is 7.43. The first-order valence-corrected chi connectivity index (χ1v) is 4.35. The van der Waals surface area contributed by atoms with E-state index in [0.717, 1.165) is 5.56 Å². The summed E-state index contributed by atoms with van der Waals surface area (Å²) in [5.41, 5.74) is 6.05. The van der Waals surface area contributed by atoms with E-state index in [1.807, 2.05) is 30.3 Å². The normalized spacial score (nSPS) is 15.3. The van der Waals surface area contributed by atoms with Gasteiger partial charge in [0.1, 0.15) is 0 Å². The topological polar surface area (TPSA) is 66.5 Å². The predicted octanol–water partition coefficient (Wildman–Crippen LogP) is 0.430. The minimum absolute atomic E-state index is 0.184. The van der Waals surface area contributed by atoms with E-state index >= 15 is 0 Å². The van der Waals surface area contributed by atoms with E-state index in [1.165, 1.54) is 0 Å². The highest BCUT2D eigenvalue weighted by molar-refractivity contribution is 5.17. The van der Waals surface area contributed by atoms with Crippen molar-refractivity contribution in [3.05, 3.63) is 35.9 Å². The molecular formula is C10H15NO2. The first-order chi connectivity index (χ1) is 6.24. The molecule has 3 nitrogen and oxygen atoms in total. The molecule has 72 valence electrons. The van der Waals surface area contributed by atoms with Crippen molar-refractivity contribution in [3.63, 3.8) is 0 Å². The quantitative estimate of drug-likeness (QED) is 0.631. The summed E-state index contributed by atoms with van der Waals surface area (Å²) >= 11 is 0. The van der Waals surface area contributed by atoms with E-state index in [1.54, 1.807) is 0 Å². The number of aliphatic hydroxyl groups excluding tert-OH is 2. The lowest BCUT2D eigenvalue weighted by atomic mass is 10.0. The zero-order valence-corrected chi connectivity index (χ0v) is 7.43. The number of benzene rings is 1. The van der Waals surface area contributed by atoms with Crippen molar-refractivity contribution in [3.8, 4) is 0 Å². The fourth-order valence-corrected chi connectivity index (χ4v) is 1.17. The Hall–Kier alpha value is -0.900. The van der Waals surface area contributed by atoms with Gasteiger partial charge in [-0.2, -0.15) is 0 Å². The number of hydrogen-bond donors (Lipinski definition) is 3. The Balaban J connectivity index is 2.53. The molecule has 0 saturated heterocycles. The van der Waals surface area contributed by atoms with Crippen LogP contribution in [-0.2, 0) is 0 Å². The highest BCUT2D eigenvalue weighted by atomic mass is 16.3. The average Bonchev–Trinajstić information content (AvgIpc) is 2.19. The van der Waals surface area contributed by atoms with Gasteiger partial charge in [0.25, 0.3) is 0 Å². The van der Waals surface area contributed by atoms with Crippen molar-refractivity contribution in [1.29, 1.82) is 0 Å². The van der Waals surface area contributed by atoms with E-state index in [2.05, 4.69) is 0 Å². The van der Waals surface area contributed by atoms with Crippen molar-refractivity contribution in [2.45, 2.75) is 18.6 Å². The van der Waals surface area contributed by atoms with Crippen molar-refractivity contribution in [1.82, 2.24) is 0 Å². The van der Waals surface area contributed by atoms with Crippen LogP contribution in [0.1, 0.15) is 18.1 Å². The van der Waals surface area contributed by atoms with Crippen LogP contribution in [-0.4, -0.2) is 22.9 Å². The molecule has 0 radical (unpaired) electrons. The zero-order chi connectivity index (χ0) is 9.68. The van der Waals surface area contributed by atoms with Crippen molar-refractivity contribution in [2.24, 2.45) is 5.73 Å². The summed E-state index contributed by atoms with van der Waals surface area (Å²) in [5, 5.41) is 18.8. The summed E-state index contributed by atoms with van der Waals surface area (Å²) in [6.45, 7) is 0.184. The largest absolute Gasteiger partial charge is 0.392 e. The maximum absolute atomic E-state index is 9.61. The number of hydrogen-bond acceptors (Lipinski definition) is 3. The lowest BCUT2D eigenvalue weighted by molar-refractivity contribution is 0.0851. The molecule has 0 saturated carbocycles.